The summed E-state index contributed by atoms with van der Waals surface area (Å²) in [6, 6.07) is 0. The number of esters is 1. The van der Waals surface area contributed by atoms with E-state index in [1.807, 2.05) is 6.08 Å². The van der Waals surface area contributed by atoms with Crippen LogP contribution in [0.5, 0.6) is 0 Å². The van der Waals surface area contributed by atoms with Crippen molar-refractivity contribution in [1.29, 1.82) is 0 Å². The van der Waals surface area contributed by atoms with E-state index in [2.05, 4.69) is 6.58 Å². The Morgan fingerprint density at radius 1 is 1.58 bits per heavy atom. The predicted octanol–water partition coefficient (Wildman–Crippen LogP) is 2.30. The highest BCUT2D eigenvalue weighted by Gasteiger charge is 2.13. The Morgan fingerprint density at radius 2 is 2.42 bits per heavy atom. The average molecular weight is 168 g/mol. The molecular formula is C10H16O2. The third-order valence-corrected chi connectivity index (χ3v) is 2.22. The molecule has 1 aliphatic heterocycles. The van der Waals surface area contributed by atoms with Gasteiger partial charge in [0.25, 0.3) is 0 Å². The number of carbonyl (C=O) groups excluding carboxylic acids is 1. The number of hydrogen-bond acceptors (Lipinski definition) is 2. The molecule has 0 bridgehead atoms. The number of allylic oxidation sites excluding steroid dienone is 1. The Hall–Kier alpha value is -0.790. The average Bonchev–Trinajstić information content (AvgIpc) is 2.04. The Labute approximate surface area is 73.6 Å². The van der Waals surface area contributed by atoms with Crippen molar-refractivity contribution in [1.82, 2.24) is 0 Å². The minimum atomic E-state index is -0.0382. The van der Waals surface area contributed by atoms with Crippen LogP contribution in [0.4, 0.5) is 0 Å². The van der Waals surface area contributed by atoms with Crippen molar-refractivity contribution in [2.45, 2.75) is 32.1 Å². The number of ether oxygens (including phenoxy) is 1. The molecule has 0 saturated carbocycles. The molecular weight excluding hydrogens is 152 g/mol. The van der Waals surface area contributed by atoms with Crippen molar-refractivity contribution in [2.24, 2.45) is 5.92 Å². The summed E-state index contributed by atoms with van der Waals surface area (Å²) < 4.78 is 5.06. The zero-order chi connectivity index (χ0) is 8.81. The topological polar surface area (TPSA) is 26.3 Å². The summed E-state index contributed by atoms with van der Waals surface area (Å²) in [5.74, 6) is 0.468. The standard InChI is InChI=1S/C10H16O2/c1-2-5-9-6-3-4-7-10(11)12-8-9/h2,9H,1,3-8H2. The molecule has 1 heterocycles. The van der Waals surface area contributed by atoms with Gasteiger partial charge in [-0.25, -0.2) is 0 Å². The molecule has 2 heteroatoms. The molecule has 0 amide bonds. The SMILES string of the molecule is C=CCC1CCCCC(=O)OC1. The molecule has 12 heavy (non-hydrogen) atoms. The smallest absolute Gasteiger partial charge is 0.305 e. The van der Waals surface area contributed by atoms with Crippen LogP contribution in [-0.4, -0.2) is 12.6 Å². The zero-order valence-electron chi connectivity index (χ0n) is 7.42. The molecule has 0 aromatic carbocycles. The van der Waals surface area contributed by atoms with E-state index >= 15 is 0 Å². The summed E-state index contributed by atoms with van der Waals surface area (Å²) in [6.07, 6.45) is 6.76. The van der Waals surface area contributed by atoms with Gasteiger partial charge >= 0.3 is 5.97 Å². The molecule has 1 saturated heterocycles. The first-order valence-electron chi connectivity index (χ1n) is 4.59. The number of carbonyl (C=O) groups is 1. The lowest BCUT2D eigenvalue weighted by atomic mass is 9.98. The Bertz CT molecular complexity index is 163. The van der Waals surface area contributed by atoms with Gasteiger partial charge in [0.1, 0.15) is 0 Å². The molecule has 1 aliphatic rings. The maximum Gasteiger partial charge on any atom is 0.305 e. The summed E-state index contributed by atoms with van der Waals surface area (Å²) >= 11 is 0. The van der Waals surface area contributed by atoms with Crippen LogP contribution in [0.15, 0.2) is 12.7 Å². The lowest BCUT2D eigenvalue weighted by Gasteiger charge is -2.17. The molecule has 0 N–H and O–H groups in total. The van der Waals surface area contributed by atoms with Crippen molar-refractivity contribution in [2.75, 3.05) is 6.61 Å². The van der Waals surface area contributed by atoms with Gasteiger partial charge in [-0.2, -0.15) is 0 Å². The van der Waals surface area contributed by atoms with E-state index in [4.69, 9.17) is 4.74 Å². The van der Waals surface area contributed by atoms with E-state index in [9.17, 15) is 4.79 Å². The van der Waals surface area contributed by atoms with Crippen LogP contribution in [0, 0.1) is 5.92 Å². The Kier molecular flexibility index (Phi) is 3.85. The van der Waals surface area contributed by atoms with Crippen molar-refractivity contribution in [3.8, 4) is 0 Å². The van der Waals surface area contributed by atoms with Gasteiger partial charge in [0.2, 0.25) is 0 Å². The van der Waals surface area contributed by atoms with Crippen LogP contribution in [0.25, 0.3) is 0 Å². The van der Waals surface area contributed by atoms with E-state index < -0.39 is 0 Å². The normalized spacial score (nSPS) is 25.3. The maximum absolute atomic E-state index is 10.9. The molecule has 0 aromatic heterocycles. The Balaban J connectivity index is 2.33. The number of cyclic esters (lactones) is 1. The van der Waals surface area contributed by atoms with E-state index in [0.29, 0.717) is 18.9 Å². The zero-order valence-corrected chi connectivity index (χ0v) is 7.42. The maximum atomic E-state index is 10.9. The first-order chi connectivity index (χ1) is 5.83. The van der Waals surface area contributed by atoms with Gasteiger partial charge in [-0.3, -0.25) is 4.79 Å². The van der Waals surface area contributed by atoms with Gasteiger partial charge in [0.05, 0.1) is 6.61 Å². The van der Waals surface area contributed by atoms with Crippen LogP contribution in [0.2, 0.25) is 0 Å². The lowest BCUT2D eigenvalue weighted by Crippen LogP contribution is -2.16. The minimum absolute atomic E-state index is 0.0382. The second kappa shape index (κ2) is 4.96. The van der Waals surface area contributed by atoms with Crippen molar-refractivity contribution in [3.05, 3.63) is 12.7 Å². The molecule has 1 unspecified atom stereocenters. The fraction of sp³-hybridized carbons (Fsp3) is 0.700. The highest BCUT2D eigenvalue weighted by molar-refractivity contribution is 5.69. The summed E-state index contributed by atoms with van der Waals surface area (Å²) in [7, 11) is 0. The predicted molar refractivity (Wildman–Crippen MR) is 47.7 cm³/mol. The number of hydrogen-bond donors (Lipinski definition) is 0. The minimum Gasteiger partial charge on any atom is -0.465 e. The fourth-order valence-corrected chi connectivity index (χ4v) is 1.49. The molecule has 0 aliphatic carbocycles. The third-order valence-electron chi connectivity index (χ3n) is 2.22. The molecule has 1 atom stereocenters. The van der Waals surface area contributed by atoms with Crippen LogP contribution in [0.3, 0.4) is 0 Å². The van der Waals surface area contributed by atoms with Crippen LogP contribution in [-0.2, 0) is 9.53 Å². The van der Waals surface area contributed by atoms with Gasteiger partial charge in [-0.05, 0) is 25.2 Å². The van der Waals surface area contributed by atoms with Gasteiger partial charge < -0.3 is 4.74 Å². The molecule has 1 fully saturated rings. The summed E-state index contributed by atoms with van der Waals surface area (Å²) in [5.41, 5.74) is 0. The molecule has 0 spiro atoms. The first-order valence-corrected chi connectivity index (χ1v) is 4.59. The molecule has 68 valence electrons. The van der Waals surface area contributed by atoms with Crippen molar-refractivity contribution in [3.63, 3.8) is 0 Å². The summed E-state index contributed by atoms with van der Waals surface area (Å²) in [5, 5.41) is 0. The van der Waals surface area contributed by atoms with Gasteiger partial charge in [0, 0.05) is 6.42 Å². The van der Waals surface area contributed by atoms with Gasteiger partial charge in [-0.15, -0.1) is 6.58 Å². The van der Waals surface area contributed by atoms with E-state index in [0.717, 1.165) is 19.3 Å². The van der Waals surface area contributed by atoms with E-state index in [-0.39, 0.29) is 5.97 Å². The molecule has 2 nitrogen and oxygen atoms in total. The molecule has 0 radical (unpaired) electrons. The van der Waals surface area contributed by atoms with E-state index in [1.165, 1.54) is 6.42 Å². The highest BCUT2D eigenvalue weighted by atomic mass is 16.5. The molecule has 0 aromatic rings. The summed E-state index contributed by atoms with van der Waals surface area (Å²) in [6.45, 7) is 4.28. The van der Waals surface area contributed by atoms with Crippen molar-refractivity contribution < 1.29 is 9.53 Å². The second-order valence-corrected chi connectivity index (χ2v) is 3.32. The largest absolute Gasteiger partial charge is 0.465 e. The van der Waals surface area contributed by atoms with Gasteiger partial charge in [-0.1, -0.05) is 12.5 Å². The fourth-order valence-electron chi connectivity index (χ4n) is 1.49. The van der Waals surface area contributed by atoms with Crippen LogP contribution in [0.1, 0.15) is 32.1 Å². The Morgan fingerprint density at radius 3 is 3.17 bits per heavy atom. The highest BCUT2D eigenvalue weighted by Crippen LogP contribution is 2.17. The monoisotopic (exact) mass is 168 g/mol. The summed E-state index contributed by atoms with van der Waals surface area (Å²) in [4.78, 5) is 10.9. The van der Waals surface area contributed by atoms with Crippen LogP contribution >= 0.6 is 0 Å². The third kappa shape index (κ3) is 3.07. The molecule has 1 rings (SSSR count). The second-order valence-electron chi connectivity index (χ2n) is 3.32. The first kappa shape index (κ1) is 9.30. The quantitative estimate of drug-likeness (QED) is 0.467. The lowest BCUT2D eigenvalue weighted by molar-refractivity contribution is -0.146. The van der Waals surface area contributed by atoms with Crippen molar-refractivity contribution >= 4 is 5.97 Å². The van der Waals surface area contributed by atoms with E-state index in [1.54, 1.807) is 0 Å². The van der Waals surface area contributed by atoms with Gasteiger partial charge in [0.15, 0.2) is 0 Å². The number of rotatable bonds is 2. The van der Waals surface area contributed by atoms with Crippen LogP contribution < -0.4 is 0 Å².